The molecule has 0 saturated carbocycles. The Morgan fingerprint density at radius 3 is 2.19 bits per heavy atom. The van der Waals surface area contributed by atoms with Gasteiger partial charge in [0.05, 0.1) is 17.7 Å². The Labute approximate surface area is 218 Å². The molecular weight excluding hydrogens is 490 g/mol. The minimum absolute atomic E-state index is 0.0432. The molecule has 0 aromatic heterocycles. The summed E-state index contributed by atoms with van der Waals surface area (Å²) in [6.45, 7) is 5.03. The fourth-order valence-electron chi connectivity index (χ4n) is 3.95. The molecule has 0 heterocycles. The van der Waals surface area contributed by atoms with E-state index in [1.807, 2.05) is 38.1 Å². The van der Waals surface area contributed by atoms with Crippen molar-refractivity contribution in [1.29, 1.82) is 0 Å². The van der Waals surface area contributed by atoms with Gasteiger partial charge in [0, 0.05) is 13.6 Å². The quantitative estimate of drug-likeness (QED) is 0.438. The Hall–Kier alpha value is -3.85. The Morgan fingerprint density at radius 1 is 0.946 bits per heavy atom. The predicted molar refractivity (Wildman–Crippen MR) is 144 cm³/mol. The molecule has 1 unspecified atom stereocenters. The van der Waals surface area contributed by atoms with E-state index in [1.54, 1.807) is 43.3 Å². The summed E-state index contributed by atoms with van der Waals surface area (Å²) in [6, 6.07) is 19.8. The van der Waals surface area contributed by atoms with Crippen LogP contribution in [0.4, 0.5) is 5.69 Å². The maximum atomic E-state index is 13.9. The summed E-state index contributed by atoms with van der Waals surface area (Å²) in [7, 11) is -1.22. The van der Waals surface area contributed by atoms with Gasteiger partial charge in [-0.3, -0.25) is 13.9 Å². The van der Waals surface area contributed by atoms with Gasteiger partial charge in [-0.15, -0.1) is 0 Å². The lowest BCUT2D eigenvalue weighted by Crippen LogP contribution is -2.50. The van der Waals surface area contributed by atoms with Crippen LogP contribution in [-0.4, -0.2) is 51.9 Å². The number of anilines is 1. The summed E-state index contributed by atoms with van der Waals surface area (Å²) in [6.07, 6.45) is 0. The van der Waals surface area contributed by atoms with Gasteiger partial charge >= 0.3 is 0 Å². The third-order valence-corrected chi connectivity index (χ3v) is 8.03. The van der Waals surface area contributed by atoms with Crippen LogP contribution in [0.1, 0.15) is 23.6 Å². The summed E-state index contributed by atoms with van der Waals surface area (Å²) in [5.74, 6) is -0.580. The minimum atomic E-state index is -4.16. The van der Waals surface area contributed by atoms with E-state index in [0.717, 1.165) is 21.0 Å². The zero-order valence-corrected chi connectivity index (χ0v) is 22.6. The summed E-state index contributed by atoms with van der Waals surface area (Å²) in [5.41, 5.74) is 2.94. The van der Waals surface area contributed by atoms with Crippen LogP contribution in [0.15, 0.2) is 77.7 Å². The molecule has 0 aliphatic rings. The van der Waals surface area contributed by atoms with E-state index in [0.29, 0.717) is 5.75 Å². The number of hydrogen-bond acceptors (Lipinski definition) is 5. The zero-order valence-electron chi connectivity index (χ0n) is 21.8. The first-order valence-electron chi connectivity index (χ1n) is 11.9. The molecule has 0 saturated heterocycles. The van der Waals surface area contributed by atoms with Crippen molar-refractivity contribution in [2.45, 2.75) is 38.3 Å². The molecule has 1 atom stereocenters. The Kier molecular flexibility index (Phi) is 8.94. The van der Waals surface area contributed by atoms with Crippen LogP contribution in [0.3, 0.4) is 0 Å². The summed E-state index contributed by atoms with van der Waals surface area (Å²) in [5, 5.41) is 2.58. The molecule has 1 N–H and O–H groups in total. The molecule has 0 fully saturated rings. The first-order chi connectivity index (χ1) is 17.6. The van der Waals surface area contributed by atoms with Crippen molar-refractivity contribution in [2.75, 3.05) is 25.0 Å². The van der Waals surface area contributed by atoms with Crippen molar-refractivity contribution >= 4 is 27.5 Å². The molecule has 3 rings (SSSR count). The number of sulfonamides is 1. The second-order valence-electron chi connectivity index (χ2n) is 8.73. The number of benzene rings is 3. The number of amides is 2. The Balaban J connectivity index is 2.08. The number of hydrogen-bond donors (Lipinski definition) is 1. The maximum Gasteiger partial charge on any atom is 0.264 e. The standard InChI is InChI=1S/C28H33N3O5S/c1-20-14-16-24(17-15-20)37(34,35)31(25-12-8-9-13-26(25)36-5)19-27(32)30(22(3)28(33)29-4)18-23-11-7-6-10-21(23)2/h6-17,22H,18-19H2,1-5H3,(H,29,33). The molecule has 0 radical (unpaired) electrons. The molecule has 0 bridgehead atoms. The maximum absolute atomic E-state index is 13.9. The van der Waals surface area contributed by atoms with Gasteiger partial charge in [-0.1, -0.05) is 54.1 Å². The van der Waals surface area contributed by atoms with Gasteiger partial charge in [0.15, 0.2) is 0 Å². The number of carbonyl (C=O) groups excluding carboxylic acids is 2. The molecule has 0 aliphatic heterocycles. The largest absolute Gasteiger partial charge is 0.495 e. The van der Waals surface area contributed by atoms with E-state index in [-0.39, 0.29) is 23.0 Å². The Bertz CT molecular complexity index is 1360. The van der Waals surface area contributed by atoms with Crippen molar-refractivity contribution in [3.05, 3.63) is 89.5 Å². The lowest BCUT2D eigenvalue weighted by Gasteiger charge is -2.32. The van der Waals surface area contributed by atoms with Gasteiger partial charge in [0.1, 0.15) is 18.3 Å². The molecule has 3 aromatic rings. The monoisotopic (exact) mass is 523 g/mol. The summed E-state index contributed by atoms with van der Waals surface area (Å²) >= 11 is 0. The smallest absolute Gasteiger partial charge is 0.264 e. The van der Waals surface area contributed by atoms with E-state index in [4.69, 9.17) is 4.74 Å². The van der Waals surface area contributed by atoms with Crippen LogP contribution >= 0.6 is 0 Å². The molecule has 2 amide bonds. The van der Waals surface area contributed by atoms with Crippen LogP contribution in [0.2, 0.25) is 0 Å². The molecule has 3 aromatic carbocycles. The molecule has 0 spiro atoms. The van der Waals surface area contributed by atoms with E-state index >= 15 is 0 Å². The van der Waals surface area contributed by atoms with Crippen molar-refractivity contribution in [3.8, 4) is 5.75 Å². The van der Waals surface area contributed by atoms with Crippen LogP contribution in [0.25, 0.3) is 0 Å². The zero-order chi connectivity index (χ0) is 27.2. The SMILES string of the molecule is CNC(=O)C(C)N(Cc1ccccc1C)C(=O)CN(c1ccccc1OC)S(=O)(=O)c1ccc(C)cc1. The van der Waals surface area contributed by atoms with Crippen molar-refractivity contribution in [1.82, 2.24) is 10.2 Å². The van der Waals surface area contributed by atoms with Gasteiger partial charge in [0.25, 0.3) is 10.0 Å². The number of carbonyl (C=O) groups is 2. The number of nitrogens with zero attached hydrogens (tertiary/aromatic N) is 2. The normalized spacial score (nSPS) is 11.9. The lowest BCUT2D eigenvalue weighted by atomic mass is 10.1. The van der Waals surface area contributed by atoms with E-state index < -0.39 is 28.5 Å². The molecule has 8 nitrogen and oxygen atoms in total. The van der Waals surface area contributed by atoms with Gasteiger partial charge in [-0.25, -0.2) is 8.42 Å². The fraction of sp³-hybridized carbons (Fsp3) is 0.286. The van der Waals surface area contributed by atoms with Gasteiger partial charge < -0.3 is 15.0 Å². The summed E-state index contributed by atoms with van der Waals surface area (Å²) < 4.78 is 34.2. The Morgan fingerprint density at radius 2 is 1.57 bits per heavy atom. The van der Waals surface area contributed by atoms with Gasteiger partial charge in [0.2, 0.25) is 11.8 Å². The molecule has 9 heteroatoms. The van der Waals surface area contributed by atoms with E-state index in [2.05, 4.69) is 5.32 Å². The fourth-order valence-corrected chi connectivity index (χ4v) is 5.37. The minimum Gasteiger partial charge on any atom is -0.495 e. The first kappa shape index (κ1) is 27.7. The second kappa shape index (κ2) is 11.9. The molecule has 196 valence electrons. The summed E-state index contributed by atoms with van der Waals surface area (Å²) in [4.78, 5) is 27.9. The number of para-hydroxylation sites is 2. The van der Waals surface area contributed by atoms with Gasteiger partial charge in [-0.2, -0.15) is 0 Å². The third kappa shape index (κ3) is 6.29. The molecule has 37 heavy (non-hydrogen) atoms. The average Bonchev–Trinajstić information content (AvgIpc) is 2.90. The molecular formula is C28H33N3O5S. The highest BCUT2D eigenvalue weighted by molar-refractivity contribution is 7.92. The van der Waals surface area contributed by atoms with Crippen molar-refractivity contribution in [3.63, 3.8) is 0 Å². The van der Waals surface area contributed by atoms with Crippen LogP contribution in [-0.2, 0) is 26.2 Å². The molecule has 0 aliphatic carbocycles. The van der Waals surface area contributed by atoms with Gasteiger partial charge in [-0.05, 0) is 56.2 Å². The lowest BCUT2D eigenvalue weighted by molar-refractivity contribution is -0.139. The first-order valence-corrected chi connectivity index (χ1v) is 13.3. The number of ether oxygens (including phenoxy) is 1. The number of rotatable bonds is 10. The van der Waals surface area contributed by atoms with Crippen molar-refractivity contribution < 1.29 is 22.7 Å². The van der Waals surface area contributed by atoms with E-state index in [9.17, 15) is 18.0 Å². The average molecular weight is 524 g/mol. The van der Waals surface area contributed by atoms with E-state index in [1.165, 1.54) is 31.2 Å². The van der Waals surface area contributed by atoms with Crippen LogP contribution in [0, 0.1) is 13.8 Å². The number of methoxy groups -OCH3 is 1. The predicted octanol–water partition coefficient (Wildman–Crippen LogP) is 3.67. The van der Waals surface area contributed by atoms with Crippen LogP contribution < -0.4 is 14.4 Å². The number of aryl methyl sites for hydroxylation is 2. The highest BCUT2D eigenvalue weighted by atomic mass is 32.2. The number of likely N-dealkylation sites (N-methyl/N-ethyl adjacent to an activating group) is 1. The second-order valence-corrected chi connectivity index (χ2v) is 10.6. The highest BCUT2D eigenvalue weighted by Gasteiger charge is 2.33. The topological polar surface area (TPSA) is 96.0 Å². The third-order valence-electron chi connectivity index (χ3n) is 6.26. The highest BCUT2D eigenvalue weighted by Crippen LogP contribution is 2.32. The van der Waals surface area contributed by atoms with Crippen molar-refractivity contribution in [2.24, 2.45) is 0 Å². The van der Waals surface area contributed by atoms with Crippen LogP contribution in [0.5, 0.6) is 5.75 Å². The number of nitrogens with one attached hydrogen (secondary N) is 1.